The molecule has 0 unspecified atom stereocenters. The van der Waals surface area contributed by atoms with Crippen molar-refractivity contribution in [3.05, 3.63) is 65.2 Å². The van der Waals surface area contributed by atoms with E-state index >= 15 is 0 Å². The number of benzene rings is 2. The van der Waals surface area contributed by atoms with Crippen molar-refractivity contribution in [2.24, 2.45) is 0 Å². The lowest BCUT2D eigenvalue weighted by Crippen LogP contribution is -2.55. The molecule has 0 fully saturated rings. The standard InChI is InChI=1S/C23H30F3NO/c1-16(2)27(5,17(3)4)14-13-20(18-9-7-6-8-10-18)21-15-19(23(24,25)26)11-12-22(21)28/h6-12,15-17,20H,13-14H2,1-5H3/p+1/t20-/m1/s1. The molecule has 2 nitrogen and oxygen atoms in total. The molecule has 2 aromatic rings. The van der Waals surface area contributed by atoms with Gasteiger partial charge in [0, 0.05) is 17.9 Å². The lowest BCUT2D eigenvalue weighted by atomic mass is 9.86. The van der Waals surface area contributed by atoms with E-state index in [0.29, 0.717) is 24.1 Å². The SMILES string of the molecule is CC(C)[N+](C)(CC[C@H](c1ccccc1)c1cc(C(F)(F)F)ccc1O)C(C)C. The van der Waals surface area contributed by atoms with Crippen molar-refractivity contribution in [2.45, 2.75) is 58.3 Å². The Hall–Kier alpha value is -2.01. The van der Waals surface area contributed by atoms with E-state index in [1.165, 1.54) is 0 Å². The Balaban J connectivity index is 2.48. The van der Waals surface area contributed by atoms with Crippen molar-refractivity contribution in [2.75, 3.05) is 13.6 Å². The van der Waals surface area contributed by atoms with E-state index in [1.807, 2.05) is 30.3 Å². The molecule has 0 amide bonds. The van der Waals surface area contributed by atoms with E-state index in [1.54, 1.807) is 0 Å². The van der Waals surface area contributed by atoms with Gasteiger partial charge in [-0.05, 0) is 51.5 Å². The van der Waals surface area contributed by atoms with E-state index in [4.69, 9.17) is 0 Å². The van der Waals surface area contributed by atoms with Crippen LogP contribution in [0.25, 0.3) is 0 Å². The fourth-order valence-corrected chi connectivity index (χ4v) is 3.72. The molecular formula is C23H31F3NO+. The van der Waals surface area contributed by atoms with Crippen LogP contribution in [0.5, 0.6) is 5.75 Å². The summed E-state index contributed by atoms with van der Waals surface area (Å²) in [6.07, 6.45) is -3.80. The largest absolute Gasteiger partial charge is 0.508 e. The minimum absolute atomic E-state index is 0.0925. The maximum Gasteiger partial charge on any atom is 0.416 e. The molecule has 0 spiro atoms. The summed E-state index contributed by atoms with van der Waals surface area (Å²) in [6.45, 7) is 9.46. The number of hydrogen-bond acceptors (Lipinski definition) is 1. The normalized spacial score (nSPS) is 13.9. The van der Waals surface area contributed by atoms with Gasteiger partial charge >= 0.3 is 6.18 Å². The number of aromatic hydroxyl groups is 1. The Morgan fingerprint density at radius 1 is 0.929 bits per heavy atom. The summed E-state index contributed by atoms with van der Waals surface area (Å²) in [7, 11) is 2.18. The van der Waals surface area contributed by atoms with Gasteiger partial charge in [-0.1, -0.05) is 30.3 Å². The number of phenols is 1. The van der Waals surface area contributed by atoms with Crippen molar-refractivity contribution in [3.63, 3.8) is 0 Å². The molecule has 5 heteroatoms. The summed E-state index contributed by atoms with van der Waals surface area (Å²) in [5, 5.41) is 10.4. The van der Waals surface area contributed by atoms with Gasteiger partial charge in [-0.2, -0.15) is 13.2 Å². The fraction of sp³-hybridized carbons (Fsp3) is 0.478. The molecule has 0 aliphatic heterocycles. The summed E-state index contributed by atoms with van der Waals surface area (Å²) in [6, 6.07) is 13.4. The third-order valence-electron chi connectivity index (χ3n) is 6.19. The summed E-state index contributed by atoms with van der Waals surface area (Å²) < 4.78 is 40.6. The maximum atomic E-state index is 13.3. The number of hydrogen-bond donors (Lipinski definition) is 1. The molecule has 0 aliphatic rings. The highest BCUT2D eigenvalue weighted by molar-refractivity contribution is 5.44. The first kappa shape index (κ1) is 22.3. The van der Waals surface area contributed by atoms with Crippen LogP contribution >= 0.6 is 0 Å². The van der Waals surface area contributed by atoms with Gasteiger partial charge in [0.2, 0.25) is 0 Å². The van der Waals surface area contributed by atoms with Gasteiger partial charge in [-0.25, -0.2) is 0 Å². The number of rotatable bonds is 7. The third kappa shape index (κ3) is 4.88. The predicted molar refractivity (Wildman–Crippen MR) is 107 cm³/mol. The van der Waals surface area contributed by atoms with Crippen LogP contribution in [0.1, 0.15) is 56.7 Å². The van der Waals surface area contributed by atoms with Gasteiger partial charge in [-0.15, -0.1) is 0 Å². The molecule has 1 atom stereocenters. The van der Waals surface area contributed by atoms with Gasteiger partial charge < -0.3 is 9.59 Å². The topological polar surface area (TPSA) is 20.2 Å². The van der Waals surface area contributed by atoms with Gasteiger partial charge in [0.25, 0.3) is 0 Å². The smallest absolute Gasteiger partial charge is 0.416 e. The molecule has 0 radical (unpaired) electrons. The third-order valence-corrected chi connectivity index (χ3v) is 6.19. The summed E-state index contributed by atoms with van der Waals surface area (Å²) in [5.74, 6) is -0.399. The molecule has 0 bridgehead atoms. The highest BCUT2D eigenvalue weighted by Crippen LogP contribution is 2.39. The Morgan fingerprint density at radius 2 is 1.50 bits per heavy atom. The lowest BCUT2D eigenvalue weighted by Gasteiger charge is -2.43. The quantitative estimate of drug-likeness (QED) is 0.555. The van der Waals surface area contributed by atoms with Gasteiger partial charge in [0.1, 0.15) is 5.75 Å². The van der Waals surface area contributed by atoms with Crippen molar-refractivity contribution >= 4 is 0 Å². The van der Waals surface area contributed by atoms with Crippen molar-refractivity contribution in [3.8, 4) is 5.75 Å². The summed E-state index contributed by atoms with van der Waals surface area (Å²) in [4.78, 5) is 0. The fourth-order valence-electron chi connectivity index (χ4n) is 3.72. The maximum absolute atomic E-state index is 13.3. The predicted octanol–water partition coefficient (Wildman–Crippen LogP) is 6.20. The van der Waals surface area contributed by atoms with Crippen LogP contribution in [0.3, 0.4) is 0 Å². The number of alkyl halides is 3. The number of phenolic OH excluding ortho intramolecular Hbond substituents is 1. The van der Waals surface area contributed by atoms with E-state index < -0.39 is 11.7 Å². The summed E-state index contributed by atoms with van der Waals surface area (Å²) >= 11 is 0. The lowest BCUT2D eigenvalue weighted by molar-refractivity contribution is -0.949. The average molecular weight is 395 g/mol. The Bertz CT molecular complexity index is 761. The highest BCUT2D eigenvalue weighted by atomic mass is 19.4. The first-order valence-corrected chi connectivity index (χ1v) is 9.76. The van der Waals surface area contributed by atoms with Gasteiger partial charge in [0.15, 0.2) is 0 Å². The minimum atomic E-state index is -4.44. The zero-order chi connectivity index (χ0) is 21.1. The molecule has 154 valence electrons. The van der Waals surface area contributed by atoms with E-state index in [0.717, 1.165) is 34.8 Å². The van der Waals surface area contributed by atoms with Crippen LogP contribution in [0.2, 0.25) is 0 Å². The Morgan fingerprint density at radius 3 is 2.00 bits per heavy atom. The molecular weight excluding hydrogens is 363 g/mol. The van der Waals surface area contributed by atoms with Crippen LogP contribution in [0.4, 0.5) is 13.2 Å². The molecule has 28 heavy (non-hydrogen) atoms. The van der Waals surface area contributed by atoms with Crippen LogP contribution in [0, 0.1) is 0 Å². The Labute approximate surface area is 166 Å². The molecule has 0 saturated heterocycles. The second-order valence-electron chi connectivity index (χ2n) is 8.28. The van der Waals surface area contributed by atoms with Crippen LogP contribution in [-0.4, -0.2) is 35.3 Å². The van der Waals surface area contributed by atoms with Gasteiger partial charge in [0.05, 0.1) is 31.2 Å². The molecule has 1 N–H and O–H groups in total. The van der Waals surface area contributed by atoms with Crippen molar-refractivity contribution in [1.29, 1.82) is 0 Å². The molecule has 0 heterocycles. The molecule has 0 saturated carbocycles. The molecule has 2 aromatic carbocycles. The number of nitrogens with zero attached hydrogens (tertiary/aromatic N) is 1. The second kappa shape index (κ2) is 8.56. The van der Waals surface area contributed by atoms with E-state index in [-0.39, 0.29) is 11.7 Å². The average Bonchev–Trinajstić information content (AvgIpc) is 2.62. The number of quaternary nitrogens is 1. The van der Waals surface area contributed by atoms with Crippen molar-refractivity contribution < 1.29 is 22.8 Å². The second-order valence-corrected chi connectivity index (χ2v) is 8.28. The van der Waals surface area contributed by atoms with Crippen LogP contribution in [0.15, 0.2) is 48.5 Å². The zero-order valence-electron chi connectivity index (χ0n) is 17.3. The highest BCUT2D eigenvalue weighted by Gasteiger charge is 2.34. The van der Waals surface area contributed by atoms with Gasteiger partial charge in [-0.3, -0.25) is 0 Å². The first-order chi connectivity index (χ1) is 13.0. The molecule has 2 rings (SSSR count). The molecule has 0 aliphatic carbocycles. The van der Waals surface area contributed by atoms with E-state index in [2.05, 4.69) is 34.7 Å². The first-order valence-electron chi connectivity index (χ1n) is 9.76. The van der Waals surface area contributed by atoms with E-state index in [9.17, 15) is 18.3 Å². The van der Waals surface area contributed by atoms with Crippen LogP contribution in [-0.2, 0) is 6.18 Å². The zero-order valence-corrected chi connectivity index (χ0v) is 17.3. The Kier molecular flexibility index (Phi) is 6.81. The monoisotopic (exact) mass is 394 g/mol. The van der Waals surface area contributed by atoms with Crippen LogP contribution < -0.4 is 0 Å². The summed E-state index contributed by atoms with van der Waals surface area (Å²) in [5.41, 5.74) is 0.516. The molecule has 0 aromatic heterocycles. The minimum Gasteiger partial charge on any atom is -0.508 e. The number of halogens is 3. The van der Waals surface area contributed by atoms with Crippen molar-refractivity contribution in [1.82, 2.24) is 0 Å².